The molecule has 0 bridgehead atoms. The van der Waals surface area contributed by atoms with Gasteiger partial charge in [0.1, 0.15) is 5.82 Å². The molecule has 0 saturated carbocycles. The molecule has 0 spiro atoms. The quantitative estimate of drug-likeness (QED) is 0.504. The van der Waals surface area contributed by atoms with Gasteiger partial charge in [-0.1, -0.05) is 65.7 Å². The molecule has 25 heavy (non-hydrogen) atoms. The number of aromatic nitrogens is 2. The zero-order valence-electron chi connectivity index (χ0n) is 13.0. The number of hydrogen-bond donors (Lipinski definition) is 1. The first kappa shape index (κ1) is 15.9. The number of aromatic amines is 1. The molecule has 1 heterocycles. The van der Waals surface area contributed by atoms with E-state index in [1.807, 2.05) is 54.6 Å². The second-order valence-electron chi connectivity index (χ2n) is 5.64. The number of halogens is 2. The van der Waals surface area contributed by atoms with Gasteiger partial charge in [-0.2, -0.15) is 0 Å². The molecule has 0 saturated heterocycles. The van der Waals surface area contributed by atoms with Crippen LogP contribution in [-0.4, -0.2) is 9.97 Å². The van der Waals surface area contributed by atoms with Crippen molar-refractivity contribution in [2.24, 2.45) is 0 Å². The maximum atomic E-state index is 12.2. The number of hydrogen-bond acceptors (Lipinski definition) is 2. The number of benzene rings is 3. The molecule has 3 aromatic carbocycles. The lowest BCUT2D eigenvalue weighted by Crippen LogP contribution is -2.09. The number of nitrogens with zero attached hydrogens (tertiary/aromatic N) is 1. The topological polar surface area (TPSA) is 45.8 Å². The average Bonchev–Trinajstić information content (AvgIpc) is 2.64. The van der Waals surface area contributed by atoms with Crippen LogP contribution in [-0.2, 0) is 0 Å². The van der Waals surface area contributed by atoms with Crippen molar-refractivity contribution in [1.29, 1.82) is 0 Å². The highest BCUT2D eigenvalue weighted by Gasteiger charge is 2.07. The molecule has 4 aromatic rings. The Hall–Kier alpha value is -2.62. The van der Waals surface area contributed by atoms with Crippen LogP contribution in [0.2, 0.25) is 10.0 Å². The van der Waals surface area contributed by atoms with Crippen molar-refractivity contribution >= 4 is 34.1 Å². The van der Waals surface area contributed by atoms with E-state index < -0.39 is 0 Å². The Balaban J connectivity index is 1.75. The van der Waals surface area contributed by atoms with E-state index in [0.717, 1.165) is 16.7 Å². The fourth-order valence-electron chi connectivity index (χ4n) is 2.72. The Morgan fingerprint density at radius 1 is 0.760 bits per heavy atom. The van der Waals surface area contributed by atoms with Crippen LogP contribution >= 0.6 is 23.2 Å². The van der Waals surface area contributed by atoms with Crippen molar-refractivity contribution < 1.29 is 0 Å². The summed E-state index contributed by atoms with van der Waals surface area (Å²) in [5.74, 6) is 0.546. The molecule has 0 amide bonds. The molecule has 0 fully saturated rings. The van der Waals surface area contributed by atoms with Gasteiger partial charge in [0.05, 0.1) is 20.9 Å². The SMILES string of the molecule is O=c1[nH]c(-c2ccc(-c3ccc(Cl)c(Cl)c3)cc2)nc2ccccc12. The average molecular weight is 367 g/mol. The lowest BCUT2D eigenvalue weighted by Gasteiger charge is -2.06. The van der Waals surface area contributed by atoms with E-state index in [1.54, 1.807) is 12.1 Å². The highest BCUT2D eigenvalue weighted by Crippen LogP contribution is 2.29. The van der Waals surface area contributed by atoms with Crippen LogP contribution in [0.3, 0.4) is 0 Å². The van der Waals surface area contributed by atoms with E-state index in [-0.39, 0.29) is 5.56 Å². The summed E-state index contributed by atoms with van der Waals surface area (Å²) in [5, 5.41) is 1.63. The van der Waals surface area contributed by atoms with Gasteiger partial charge in [0.15, 0.2) is 0 Å². The molecule has 4 rings (SSSR count). The smallest absolute Gasteiger partial charge is 0.259 e. The fourth-order valence-corrected chi connectivity index (χ4v) is 3.02. The van der Waals surface area contributed by atoms with E-state index in [1.165, 1.54) is 0 Å². The molecule has 1 N–H and O–H groups in total. The predicted molar refractivity (Wildman–Crippen MR) is 103 cm³/mol. The van der Waals surface area contributed by atoms with E-state index >= 15 is 0 Å². The van der Waals surface area contributed by atoms with Crippen LogP contribution in [0.1, 0.15) is 0 Å². The Morgan fingerprint density at radius 3 is 2.20 bits per heavy atom. The third-order valence-electron chi connectivity index (χ3n) is 4.02. The minimum Gasteiger partial charge on any atom is -0.306 e. The van der Waals surface area contributed by atoms with Gasteiger partial charge in [-0.3, -0.25) is 4.79 Å². The highest BCUT2D eigenvalue weighted by molar-refractivity contribution is 6.42. The molecular formula is C20H12Cl2N2O. The molecule has 5 heteroatoms. The van der Waals surface area contributed by atoms with E-state index in [9.17, 15) is 4.79 Å². The third-order valence-corrected chi connectivity index (χ3v) is 4.76. The lowest BCUT2D eigenvalue weighted by atomic mass is 10.0. The van der Waals surface area contributed by atoms with E-state index in [2.05, 4.69) is 9.97 Å². The molecule has 0 atom stereocenters. The number of H-pyrrole nitrogens is 1. The summed E-state index contributed by atoms with van der Waals surface area (Å²) in [6.07, 6.45) is 0. The molecule has 1 aromatic heterocycles. The molecule has 0 aliphatic carbocycles. The van der Waals surface area contributed by atoms with Crippen molar-refractivity contribution in [1.82, 2.24) is 9.97 Å². The Labute approximate surface area is 153 Å². The first-order valence-corrected chi connectivity index (χ1v) is 8.42. The number of rotatable bonds is 2. The van der Waals surface area contributed by atoms with Gasteiger partial charge >= 0.3 is 0 Å². The highest BCUT2D eigenvalue weighted by atomic mass is 35.5. The summed E-state index contributed by atoms with van der Waals surface area (Å²) in [6.45, 7) is 0. The van der Waals surface area contributed by atoms with Crippen LogP contribution in [0.4, 0.5) is 0 Å². The van der Waals surface area contributed by atoms with Gasteiger partial charge in [0, 0.05) is 5.56 Å². The summed E-state index contributed by atoms with van der Waals surface area (Å²) < 4.78 is 0. The largest absolute Gasteiger partial charge is 0.306 e. The van der Waals surface area contributed by atoms with Gasteiger partial charge in [0.25, 0.3) is 5.56 Å². The Bertz CT molecular complexity index is 1130. The number of nitrogens with one attached hydrogen (secondary N) is 1. The maximum Gasteiger partial charge on any atom is 0.259 e. The summed E-state index contributed by atoms with van der Waals surface area (Å²) >= 11 is 12.0. The van der Waals surface area contributed by atoms with Crippen LogP contribution in [0, 0.1) is 0 Å². The first-order valence-electron chi connectivity index (χ1n) is 7.67. The van der Waals surface area contributed by atoms with Gasteiger partial charge in [0.2, 0.25) is 0 Å². The van der Waals surface area contributed by atoms with E-state index in [4.69, 9.17) is 23.2 Å². The molecule has 0 radical (unpaired) electrons. The zero-order valence-corrected chi connectivity index (χ0v) is 14.5. The van der Waals surface area contributed by atoms with Gasteiger partial charge in [-0.05, 0) is 35.4 Å². The molecule has 0 aliphatic rings. The second kappa shape index (κ2) is 6.36. The molecule has 122 valence electrons. The summed E-state index contributed by atoms with van der Waals surface area (Å²) in [7, 11) is 0. The molecular weight excluding hydrogens is 355 g/mol. The minimum atomic E-state index is -0.144. The van der Waals surface area contributed by atoms with Crippen molar-refractivity contribution in [2.75, 3.05) is 0 Å². The van der Waals surface area contributed by atoms with Crippen LogP contribution in [0.15, 0.2) is 71.5 Å². The first-order chi connectivity index (χ1) is 12.1. The van der Waals surface area contributed by atoms with Gasteiger partial charge in [-0.25, -0.2) is 4.98 Å². The molecule has 0 unspecified atom stereocenters. The van der Waals surface area contributed by atoms with Crippen LogP contribution in [0.5, 0.6) is 0 Å². The molecule has 3 nitrogen and oxygen atoms in total. The Morgan fingerprint density at radius 2 is 1.44 bits per heavy atom. The summed E-state index contributed by atoms with van der Waals surface area (Å²) in [5.41, 5.74) is 3.35. The maximum absolute atomic E-state index is 12.2. The monoisotopic (exact) mass is 366 g/mol. The summed E-state index contributed by atoms with van der Waals surface area (Å²) in [6, 6.07) is 20.6. The standard InChI is InChI=1S/C20H12Cl2N2O/c21-16-10-9-14(11-17(16)22)12-5-7-13(8-6-12)19-23-18-4-2-1-3-15(18)20(25)24-19/h1-11H,(H,23,24,25). The number of para-hydroxylation sites is 1. The van der Waals surface area contributed by atoms with Crippen molar-refractivity contribution in [3.05, 3.63) is 87.1 Å². The van der Waals surface area contributed by atoms with Gasteiger partial charge in [-0.15, -0.1) is 0 Å². The third kappa shape index (κ3) is 3.04. The Kier molecular flexibility index (Phi) is 4.04. The minimum absolute atomic E-state index is 0.144. The normalized spacial score (nSPS) is 11.0. The van der Waals surface area contributed by atoms with Gasteiger partial charge < -0.3 is 4.98 Å². The van der Waals surface area contributed by atoms with Crippen molar-refractivity contribution in [2.45, 2.75) is 0 Å². The van der Waals surface area contributed by atoms with Crippen molar-refractivity contribution in [3.8, 4) is 22.5 Å². The van der Waals surface area contributed by atoms with Crippen molar-refractivity contribution in [3.63, 3.8) is 0 Å². The number of fused-ring (bicyclic) bond motifs is 1. The zero-order chi connectivity index (χ0) is 17.4. The fraction of sp³-hybridized carbons (Fsp3) is 0. The van der Waals surface area contributed by atoms with Crippen LogP contribution < -0.4 is 5.56 Å². The molecule has 0 aliphatic heterocycles. The van der Waals surface area contributed by atoms with Crippen LogP contribution in [0.25, 0.3) is 33.4 Å². The van der Waals surface area contributed by atoms with E-state index in [0.29, 0.717) is 26.8 Å². The lowest BCUT2D eigenvalue weighted by molar-refractivity contribution is 1.18. The summed E-state index contributed by atoms with van der Waals surface area (Å²) in [4.78, 5) is 19.6. The second-order valence-corrected chi connectivity index (χ2v) is 6.45. The predicted octanol–water partition coefficient (Wildman–Crippen LogP) is 5.56.